The summed E-state index contributed by atoms with van der Waals surface area (Å²) in [5, 5.41) is 10.00. The maximum Gasteiger partial charge on any atom is 0.319 e. The van der Waals surface area contributed by atoms with Crippen LogP contribution in [0.4, 0.5) is 14.9 Å². The Bertz CT molecular complexity index is 1570. The second-order valence-electron chi connectivity index (χ2n) is 8.13. The predicted octanol–water partition coefficient (Wildman–Crippen LogP) is 5.30. The van der Waals surface area contributed by atoms with Crippen molar-refractivity contribution in [1.29, 1.82) is 0 Å². The van der Waals surface area contributed by atoms with Crippen molar-refractivity contribution < 1.29 is 9.18 Å². The first-order chi connectivity index (χ1) is 17.6. The normalized spacial score (nSPS) is 10.5. The zero-order valence-electron chi connectivity index (χ0n) is 19.3. The molecule has 0 saturated heterocycles. The number of urea groups is 1. The van der Waals surface area contributed by atoms with E-state index < -0.39 is 0 Å². The van der Waals surface area contributed by atoms with E-state index in [1.807, 2.05) is 54.7 Å². The van der Waals surface area contributed by atoms with Crippen molar-refractivity contribution in [3.8, 4) is 23.0 Å². The molecule has 3 heterocycles. The molecule has 0 spiro atoms. The van der Waals surface area contributed by atoms with E-state index in [2.05, 4.69) is 32.6 Å². The van der Waals surface area contributed by atoms with Crippen LogP contribution in [0.15, 0.2) is 97.6 Å². The molecule has 2 amide bonds. The number of fused-ring (bicyclic) bond motifs is 1. The van der Waals surface area contributed by atoms with E-state index in [4.69, 9.17) is 0 Å². The lowest BCUT2D eigenvalue weighted by atomic mass is 9.99. The minimum absolute atomic E-state index is 0.301. The van der Waals surface area contributed by atoms with Gasteiger partial charge in [-0.1, -0.05) is 24.0 Å². The highest BCUT2D eigenvalue weighted by Crippen LogP contribution is 2.27. The molecule has 5 aromatic rings. The quantitative estimate of drug-likeness (QED) is 0.339. The van der Waals surface area contributed by atoms with E-state index in [9.17, 15) is 9.18 Å². The zero-order valence-corrected chi connectivity index (χ0v) is 19.3. The first-order valence-electron chi connectivity index (χ1n) is 11.4. The van der Waals surface area contributed by atoms with Gasteiger partial charge < -0.3 is 10.6 Å². The predicted molar refractivity (Wildman–Crippen MR) is 138 cm³/mol. The number of carbonyl (C=O) groups is 1. The van der Waals surface area contributed by atoms with Gasteiger partial charge in [0.25, 0.3) is 0 Å². The van der Waals surface area contributed by atoms with E-state index in [0.717, 1.165) is 27.8 Å². The van der Waals surface area contributed by atoms with Gasteiger partial charge in [0, 0.05) is 48.1 Å². The number of nitrogens with one attached hydrogen (secondary N) is 2. The highest BCUT2D eigenvalue weighted by atomic mass is 19.1. The summed E-state index contributed by atoms with van der Waals surface area (Å²) in [4.78, 5) is 16.6. The maximum absolute atomic E-state index is 13.3. The Morgan fingerprint density at radius 1 is 0.972 bits per heavy atom. The molecule has 6 nitrogen and oxygen atoms in total. The Balaban J connectivity index is 1.38. The van der Waals surface area contributed by atoms with Gasteiger partial charge >= 0.3 is 6.03 Å². The molecular formula is C29H22FN5O. The first kappa shape index (κ1) is 22.8. The van der Waals surface area contributed by atoms with E-state index in [1.165, 1.54) is 12.1 Å². The first-order valence-corrected chi connectivity index (χ1v) is 11.4. The minimum atomic E-state index is -0.309. The number of hydrogen-bond acceptors (Lipinski definition) is 3. The summed E-state index contributed by atoms with van der Waals surface area (Å²) >= 11 is 0. The van der Waals surface area contributed by atoms with Crippen LogP contribution in [0.5, 0.6) is 0 Å². The van der Waals surface area contributed by atoms with Crippen LogP contribution in [-0.4, -0.2) is 27.2 Å². The molecule has 0 bridgehead atoms. The van der Waals surface area contributed by atoms with Crippen LogP contribution in [0.2, 0.25) is 0 Å². The third-order valence-electron chi connectivity index (χ3n) is 5.60. The number of carbonyl (C=O) groups excluding carboxylic acids is 1. The standard InChI is InChI=1S/C29H22FN5O/c30-25-7-4-21(5-8-25)3-6-23-18-26(34-29(36)32-15-11-22-2-1-14-31-20-22)9-10-28(23)24-13-17-35-27(19-24)12-16-33-35/h1-2,4-5,7-10,12-14,16-20H,11,15H2,(H2,32,34,36). The molecule has 0 atom stereocenters. The van der Waals surface area contributed by atoms with Crippen LogP contribution in [0, 0.1) is 17.7 Å². The SMILES string of the molecule is O=C(NCCc1cccnc1)Nc1ccc(-c2ccn3nccc3c2)c(C#Cc2ccc(F)cc2)c1. The molecule has 5 rings (SSSR count). The minimum Gasteiger partial charge on any atom is -0.338 e. The largest absolute Gasteiger partial charge is 0.338 e. The molecule has 36 heavy (non-hydrogen) atoms. The number of rotatable bonds is 5. The second-order valence-corrected chi connectivity index (χ2v) is 8.13. The Hall–Kier alpha value is -4.96. The number of hydrogen-bond donors (Lipinski definition) is 2. The molecule has 2 N–H and O–H groups in total. The van der Waals surface area contributed by atoms with Crippen molar-refractivity contribution >= 4 is 17.2 Å². The van der Waals surface area contributed by atoms with Gasteiger partial charge in [0.15, 0.2) is 0 Å². The summed E-state index contributed by atoms with van der Waals surface area (Å²) < 4.78 is 15.1. The van der Waals surface area contributed by atoms with E-state index in [-0.39, 0.29) is 11.8 Å². The fraction of sp³-hybridized carbons (Fsp3) is 0.0690. The molecule has 0 aliphatic carbocycles. The lowest BCUT2D eigenvalue weighted by Crippen LogP contribution is -2.30. The monoisotopic (exact) mass is 475 g/mol. The van der Waals surface area contributed by atoms with Crippen LogP contribution < -0.4 is 10.6 Å². The third kappa shape index (κ3) is 5.57. The summed E-state index contributed by atoms with van der Waals surface area (Å²) in [7, 11) is 0. The van der Waals surface area contributed by atoms with Gasteiger partial charge in [0.1, 0.15) is 5.82 Å². The van der Waals surface area contributed by atoms with Gasteiger partial charge in [0.05, 0.1) is 5.52 Å². The number of pyridine rings is 2. The lowest BCUT2D eigenvalue weighted by Gasteiger charge is -2.11. The fourth-order valence-corrected chi connectivity index (χ4v) is 3.78. The van der Waals surface area contributed by atoms with E-state index in [1.54, 1.807) is 35.2 Å². The van der Waals surface area contributed by atoms with Gasteiger partial charge in [-0.3, -0.25) is 4.98 Å². The summed E-state index contributed by atoms with van der Waals surface area (Å²) in [5.41, 5.74) is 5.94. The molecule has 0 aliphatic rings. The maximum atomic E-state index is 13.3. The number of amides is 2. The lowest BCUT2D eigenvalue weighted by molar-refractivity contribution is 0.252. The average molecular weight is 476 g/mol. The molecule has 176 valence electrons. The number of aromatic nitrogens is 3. The number of nitrogens with zero attached hydrogens (tertiary/aromatic N) is 3. The van der Waals surface area contributed by atoms with Gasteiger partial charge in [-0.2, -0.15) is 5.10 Å². The average Bonchev–Trinajstić information content (AvgIpc) is 3.37. The summed E-state index contributed by atoms with van der Waals surface area (Å²) in [6.07, 6.45) is 7.83. The number of halogens is 1. The zero-order chi connectivity index (χ0) is 24.7. The molecule has 0 radical (unpaired) electrons. The molecule has 0 saturated carbocycles. The van der Waals surface area contributed by atoms with Gasteiger partial charge in [-0.05, 0) is 83.8 Å². The Morgan fingerprint density at radius 3 is 2.69 bits per heavy atom. The van der Waals surface area contributed by atoms with Gasteiger partial charge in [-0.25, -0.2) is 13.7 Å². The smallest absolute Gasteiger partial charge is 0.319 e. The Kier molecular flexibility index (Phi) is 6.68. The number of anilines is 1. The van der Waals surface area contributed by atoms with Crippen molar-refractivity contribution in [2.75, 3.05) is 11.9 Å². The Labute approximate surface area is 207 Å². The summed E-state index contributed by atoms with van der Waals surface area (Å²) in [5.74, 6) is 5.98. The van der Waals surface area contributed by atoms with E-state index in [0.29, 0.717) is 24.2 Å². The van der Waals surface area contributed by atoms with Crippen molar-refractivity contribution in [3.05, 3.63) is 120 Å². The highest BCUT2D eigenvalue weighted by molar-refractivity contribution is 5.90. The van der Waals surface area contributed by atoms with Crippen LogP contribution in [-0.2, 0) is 6.42 Å². The molecule has 3 aromatic heterocycles. The van der Waals surface area contributed by atoms with E-state index >= 15 is 0 Å². The van der Waals surface area contributed by atoms with Crippen LogP contribution in [0.1, 0.15) is 16.7 Å². The van der Waals surface area contributed by atoms with Gasteiger partial charge in [0.2, 0.25) is 0 Å². The van der Waals surface area contributed by atoms with Crippen molar-refractivity contribution in [1.82, 2.24) is 19.9 Å². The summed E-state index contributed by atoms with van der Waals surface area (Å²) in [6.45, 7) is 0.484. The topological polar surface area (TPSA) is 71.3 Å². The molecule has 7 heteroatoms. The molecular weight excluding hydrogens is 453 g/mol. The van der Waals surface area contributed by atoms with Crippen molar-refractivity contribution in [2.24, 2.45) is 0 Å². The molecule has 0 unspecified atom stereocenters. The summed E-state index contributed by atoms with van der Waals surface area (Å²) in [6, 6.07) is 21.1. The Morgan fingerprint density at radius 2 is 1.86 bits per heavy atom. The molecule has 0 aliphatic heterocycles. The van der Waals surface area contributed by atoms with Crippen molar-refractivity contribution in [2.45, 2.75) is 6.42 Å². The number of benzene rings is 2. The molecule has 2 aromatic carbocycles. The van der Waals surface area contributed by atoms with Crippen LogP contribution in [0.25, 0.3) is 16.6 Å². The molecule has 0 fully saturated rings. The fourth-order valence-electron chi connectivity index (χ4n) is 3.78. The second kappa shape index (κ2) is 10.5. The highest BCUT2D eigenvalue weighted by Gasteiger charge is 2.09. The van der Waals surface area contributed by atoms with Crippen LogP contribution >= 0.6 is 0 Å². The van der Waals surface area contributed by atoms with Crippen LogP contribution in [0.3, 0.4) is 0 Å². The van der Waals surface area contributed by atoms with Gasteiger partial charge in [-0.15, -0.1) is 0 Å². The van der Waals surface area contributed by atoms with Crippen molar-refractivity contribution in [3.63, 3.8) is 0 Å². The third-order valence-corrected chi connectivity index (χ3v) is 5.60.